The molecule has 0 radical (unpaired) electrons. The first-order valence-electron chi connectivity index (χ1n) is 8.39. The third-order valence-electron chi connectivity index (χ3n) is 5.15. The van der Waals surface area contributed by atoms with Gasteiger partial charge in [-0.1, -0.05) is 30.3 Å². The van der Waals surface area contributed by atoms with Crippen molar-refractivity contribution in [1.29, 1.82) is 0 Å². The summed E-state index contributed by atoms with van der Waals surface area (Å²) in [6.07, 6.45) is -0.807. The SMILES string of the molecule is CC1(O)C(O)[C@H]2COc3nc(N)c4c(-c5ccccc5)cn(c4n3)[C@@H]1O2. The second kappa shape index (κ2) is 5.16. The maximum absolute atomic E-state index is 10.9. The number of nitrogen functional groups attached to an aromatic ring is 1. The average Bonchev–Trinajstić information content (AvgIpc) is 3.11. The monoisotopic (exact) mass is 354 g/mol. The van der Waals surface area contributed by atoms with E-state index < -0.39 is 24.0 Å². The van der Waals surface area contributed by atoms with Crippen LogP contribution in [0.4, 0.5) is 5.82 Å². The van der Waals surface area contributed by atoms with Gasteiger partial charge in [-0.25, -0.2) is 0 Å². The fraction of sp³-hybridized carbons (Fsp3) is 0.333. The van der Waals surface area contributed by atoms with Crippen LogP contribution in [0.2, 0.25) is 0 Å². The summed E-state index contributed by atoms with van der Waals surface area (Å²) in [6, 6.07) is 9.83. The molecule has 134 valence electrons. The number of ether oxygens (including phenoxy) is 2. The van der Waals surface area contributed by atoms with E-state index in [-0.39, 0.29) is 12.6 Å². The Balaban J connectivity index is 1.83. The van der Waals surface area contributed by atoms with Crippen molar-refractivity contribution in [3.63, 3.8) is 0 Å². The molecule has 1 aromatic carbocycles. The van der Waals surface area contributed by atoms with Crippen molar-refractivity contribution in [3.05, 3.63) is 36.5 Å². The number of aromatic nitrogens is 3. The quantitative estimate of drug-likeness (QED) is 0.599. The molecule has 4 heterocycles. The zero-order valence-electron chi connectivity index (χ0n) is 14.0. The molecule has 8 heteroatoms. The summed E-state index contributed by atoms with van der Waals surface area (Å²) in [6.45, 7) is 1.57. The minimum Gasteiger partial charge on any atom is -0.460 e. The largest absolute Gasteiger partial charge is 0.460 e. The van der Waals surface area contributed by atoms with Crippen LogP contribution in [-0.2, 0) is 4.74 Å². The van der Waals surface area contributed by atoms with Gasteiger partial charge in [0.05, 0.1) is 5.39 Å². The lowest BCUT2D eigenvalue weighted by Crippen LogP contribution is -2.45. The number of aliphatic hydroxyl groups excluding tert-OH is 1. The van der Waals surface area contributed by atoms with Crippen molar-refractivity contribution in [2.24, 2.45) is 0 Å². The van der Waals surface area contributed by atoms with Gasteiger partial charge in [0.25, 0.3) is 0 Å². The van der Waals surface area contributed by atoms with Crippen molar-refractivity contribution in [2.75, 3.05) is 12.3 Å². The van der Waals surface area contributed by atoms with E-state index in [4.69, 9.17) is 15.2 Å². The fourth-order valence-corrected chi connectivity index (χ4v) is 3.77. The molecule has 1 fully saturated rings. The van der Waals surface area contributed by atoms with Gasteiger partial charge < -0.3 is 30.0 Å². The number of anilines is 1. The first-order chi connectivity index (χ1) is 12.5. The predicted molar refractivity (Wildman–Crippen MR) is 93.4 cm³/mol. The number of rotatable bonds is 1. The molecule has 2 unspecified atom stereocenters. The first-order valence-corrected chi connectivity index (χ1v) is 8.39. The van der Waals surface area contributed by atoms with Gasteiger partial charge in [-0.2, -0.15) is 9.97 Å². The Hall–Kier alpha value is -2.68. The van der Waals surface area contributed by atoms with Gasteiger partial charge in [0.1, 0.15) is 30.2 Å². The molecule has 8 nitrogen and oxygen atoms in total. The highest BCUT2D eigenvalue weighted by atomic mass is 16.6. The van der Waals surface area contributed by atoms with Gasteiger partial charge in [0.2, 0.25) is 0 Å². The van der Waals surface area contributed by atoms with E-state index in [0.29, 0.717) is 16.9 Å². The summed E-state index contributed by atoms with van der Waals surface area (Å²) in [5.74, 6) is 0.292. The molecule has 0 spiro atoms. The van der Waals surface area contributed by atoms with Crippen LogP contribution in [0.5, 0.6) is 6.01 Å². The van der Waals surface area contributed by atoms with E-state index in [9.17, 15) is 10.2 Å². The highest BCUT2D eigenvalue weighted by molar-refractivity contribution is 6.01. The second-order valence-corrected chi connectivity index (χ2v) is 6.91. The smallest absolute Gasteiger partial charge is 0.320 e. The van der Waals surface area contributed by atoms with Crippen molar-refractivity contribution in [3.8, 4) is 17.1 Å². The summed E-state index contributed by atoms with van der Waals surface area (Å²) < 4.78 is 13.2. The summed E-state index contributed by atoms with van der Waals surface area (Å²) in [4.78, 5) is 8.71. The summed E-state index contributed by atoms with van der Waals surface area (Å²) >= 11 is 0. The molecule has 2 aromatic heterocycles. The fourth-order valence-electron chi connectivity index (χ4n) is 3.77. The number of fused-ring (bicyclic) bond motifs is 4. The number of hydrogen-bond acceptors (Lipinski definition) is 7. The van der Waals surface area contributed by atoms with Crippen LogP contribution < -0.4 is 10.5 Å². The van der Waals surface area contributed by atoms with Crippen LogP contribution >= 0.6 is 0 Å². The third kappa shape index (κ3) is 2.00. The minimum atomic E-state index is -1.51. The van der Waals surface area contributed by atoms with E-state index in [2.05, 4.69) is 9.97 Å². The molecule has 2 aliphatic heterocycles. The van der Waals surface area contributed by atoms with Crippen molar-refractivity contribution < 1.29 is 19.7 Å². The zero-order chi connectivity index (χ0) is 18.1. The van der Waals surface area contributed by atoms with E-state index in [1.807, 2.05) is 36.5 Å². The van der Waals surface area contributed by atoms with E-state index >= 15 is 0 Å². The number of nitrogens with two attached hydrogens (primary N) is 1. The summed E-state index contributed by atoms with van der Waals surface area (Å²) in [5, 5.41) is 22.0. The molecule has 0 amide bonds. The van der Waals surface area contributed by atoms with E-state index in [1.165, 1.54) is 0 Å². The normalized spacial score (nSPS) is 30.0. The standard InChI is InChI=1S/C18H18N4O4/c1-18(24)13(23)11-8-25-17-20-14(19)12-10(9-5-3-2-4-6-9)7-22(15(12)21-17)16(18)26-11/h2-7,11,13,16,23-24H,8H2,1H3,(H2,19,20,21)/t11-,13?,16-,18?/m1/s1. The minimum absolute atomic E-state index is 0.0230. The average molecular weight is 354 g/mol. The lowest BCUT2D eigenvalue weighted by molar-refractivity contribution is -0.0941. The Bertz CT molecular complexity index is 1000. The predicted octanol–water partition coefficient (Wildman–Crippen LogP) is 1.08. The highest BCUT2D eigenvalue weighted by Crippen LogP contribution is 2.44. The molecular weight excluding hydrogens is 336 g/mol. The van der Waals surface area contributed by atoms with Crippen LogP contribution in [0.25, 0.3) is 22.2 Å². The Morgan fingerprint density at radius 1 is 1.27 bits per heavy atom. The Morgan fingerprint density at radius 2 is 2.04 bits per heavy atom. The van der Waals surface area contributed by atoms with E-state index in [1.54, 1.807) is 11.5 Å². The van der Waals surface area contributed by atoms with Crippen LogP contribution in [0.3, 0.4) is 0 Å². The maximum Gasteiger partial charge on any atom is 0.320 e. The number of benzene rings is 1. The lowest BCUT2D eigenvalue weighted by Gasteiger charge is -2.28. The number of aliphatic hydroxyl groups is 2. The van der Waals surface area contributed by atoms with Crippen molar-refractivity contribution in [1.82, 2.24) is 14.5 Å². The highest BCUT2D eigenvalue weighted by Gasteiger charge is 2.54. The Kier molecular flexibility index (Phi) is 3.09. The molecule has 4 N–H and O–H groups in total. The zero-order valence-corrected chi connectivity index (χ0v) is 14.0. The van der Waals surface area contributed by atoms with Crippen LogP contribution in [0.15, 0.2) is 36.5 Å². The molecule has 4 bridgehead atoms. The van der Waals surface area contributed by atoms with Crippen molar-refractivity contribution >= 4 is 16.9 Å². The third-order valence-corrected chi connectivity index (χ3v) is 5.15. The molecule has 0 aliphatic carbocycles. The van der Waals surface area contributed by atoms with Crippen LogP contribution in [0, 0.1) is 0 Å². The topological polar surface area (TPSA) is 116 Å². The van der Waals surface area contributed by atoms with Gasteiger partial charge in [0, 0.05) is 11.8 Å². The molecule has 0 saturated carbocycles. The summed E-state index contributed by atoms with van der Waals surface area (Å²) in [7, 11) is 0. The molecule has 5 rings (SSSR count). The second-order valence-electron chi connectivity index (χ2n) is 6.91. The Morgan fingerprint density at radius 3 is 2.81 bits per heavy atom. The Labute approximate surface area is 148 Å². The molecule has 4 atom stereocenters. The van der Waals surface area contributed by atoms with Crippen molar-refractivity contribution in [2.45, 2.75) is 31.0 Å². The van der Waals surface area contributed by atoms with Gasteiger partial charge in [0.15, 0.2) is 11.9 Å². The van der Waals surface area contributed by atoms with Gasteiger partial charge in [-0.05, 0) is 12.5 Å². The van der Waals surface area contributed by atoms with Gasteiger partial charge in [-0.15, -0.1) is 0 Å². The first kappa shape index (κ1) is 15.6. The molecule has 3 aromatic rings. The summed E-state index contributed by atoms with van der Waals surface area (Å²) in [5.41, 5.74) is 6.95. The maximum atomic E-state index is 10.9. The van der Waals surface area contributed by atoms with Crippen LogP contribution in [-0.4, -0.2) is 49.2 Å². The number of hydrogen-bond donors (Lipinski definition) is 3. The molecular formula is C18H18N4O4. The number of nitrogens with zero attached hydrogens (tertiary/aromatic N) is 3. The van der Waals surface area contributed by atoms with Crippen LogP contribution in [0.1, 0.15) is 13.2 Å². The van der Waals surface area contributed by atoms with E-state index in [0.717, 1.165) is 11.1 Å². The lowest BCUT2D eigenvalue weighted by atomic mass is 9.96. The molecule has 26 heavy (non-hydrogen) atoms. The van der Waals surface area contributed by atoms with Gasteiger partial charge >= 0.3 is 6.01 Å². The molecule has 2 aliphatic rings. The molecule has 1 saturated heterocycles. The van der Waals surface area contributed by atoms with Gasteiger partial charge in [-0.3, -0.25) is 0 Å².